The lowest BCUT2D eigenvalue weighted by Crippen LogP contribution is -2.00. The smallest absolute Gasteiger partial charge is 0.259 e. The first-order valence-corrected chi connectivity index (χ1v) is 9.72. The zero-order chi connectivity index (χ0) is 19.4. The molecule has 2 aromatic heterocycles. The fourth-order valence-electron chi connectivity index (χ4n) is 3.05. The van der Waals surface area contributed by atoms with Gasteiger partial charge in [0.1, 0.15) is 5.01 Å². The number of carbonyl (C=O) groups is 2. The van der Waals surface area contributed by atoms with E-state index in [9.17, 15) is 9.59 Å². The molecule has 0 saturated carbocycles. The second-order valence-corrected chi connectivity index (χ2v) is 7.87. The van der Waals surface area contributed by atoms with Gasteiger partial charge in [0, 0.05) is 5.56 Å². The second-order valence-electron chi connectivity index (χ2n) is 6.04. The van der Waals surface area contributed by atoms with Crippen molar-refractivity contribution in [3.05, 3.63) is 74.2 Å². The van der Waals surface area contributed by atoms with Crippen LogP contribution >= 0.6 is 34.5 Å². The van der Waals surface area contributed by atoms with Crippen LogP contribution in [0.2, 0.25) is 10.0 Å². The van der Waals surface area contributed by atoms with Crippen molar-refractivity contribution in [3.63, 3.8) is 0 Å². The molecule has 0 unspecified atom stereocenters. The number of carbonyl (C=O) groups excluding carboxylic acids is 2. The number of nitrogens with zero attached hydrogens (tertiary/aromatic N) is 2. The van der Waals surface area contributed by atoms with Gasteiger partial charge < -0.3 is 4.42 Å². The number of rotatable bonds is 2. The van der Waals surface area contributed by atoms with E-state index < -0.39 is 11.6 Å². The maximum Gasteiger partial charge on any atom is 0.259 e. The predicted octanol–water partition coefficient (Wildman–Crippen LogP) is 5.72. The third-order valence-corrected chi connectivity index (χ3v) is 5.84. The Morgan fingerprint density at radius 3 is 2.14 bits per heavy atom. The summed E-state index contributed by atoms with van der Waals surface area (Å²) in [7, 11) is 0. The lowest BCUT2D eigenvalue weighted by Gasteiger charge is -2.00. The number of aromatic nitrogens is 2. The first-order valence-electron chi connectivity index (χ1n) is 8.15. The molecule has 0 amide bonds. The van der Waals surface area contributed by atoms with Crippen molar-refractivity contribution >= 4 is 62.7 Å². The molecule has 2 aromatic carbocycles. The summed E-state index contributed by atoms with van der Waals surface area (Å²) in [4.78, 5) is 34.7. The average molecular weight is 427 g/mol. The van der Waals surface area contributed by atoms with E-state index in [1.165, 1.54) is 29.5 Å². The van der Waals surface area contributed by atoms with Crippen LogP contribution in [0.1, 0.15) is 25.7 Å². The molecule has 8 heteroatoms. The molecule has 0 radical (unpaired) electrons. The largest absolute Gasteiger partial charge is 0.417 e. The van der Waals surface area contributed by atoms with Crippen molar-refractivity contribution in [1.82, 2.24) is 9.97 Å². The molecule has 5 rings (SSSR count). The van der Waals surface area contributed by atoms with Gasteiger partial charge in [0.05, 0.1) is 26.7 Å². The van der Waals surface area contributed by atoms with Gasteiger partial charge in [-0.3, -0.25) is 9.59 Å². The summed E-state index contributed by atoms with van der Waals surface area (Å²) in [5.41, 5.74) is 1.44. The lowest BCUT2D eigenvalue weighted by atomic mass is 10.1. The zero-order valence-electron chi connectivity index (χ0n) is 13.9. The molecule has 0 fully saturated rings. The van der Waals surface area contributed by atoms with E-state index in [0.717, 1.165) is 5.56 Å². The number of Topliss-reactive ketones (excluding diaryl/α,β-unsaturated/α-hetero) is 2. The SMILES string of the molecule is O=C1C(=Cc2nc3oc(-c4ccccc4)nc3s2)C(=O)c2c(Cl)ccc(Cl)c21. The van der Waals surface area contributed by atoms with Gasteiger partial charge in [-0.05, 0) is 30.3 Å². The highest BCUT2D eigenvalue weighted by Gasteiger charge is 2.37. The van der Waals surface area contributed by atoms with E-state index in [0.29, 0.717) is 21.4 Å². The van der Waals surface area contributed by atoms with Gasteiger partial charge in [0.25, 0.3) is 5.71 Å². The summed E-state index contributed by atoms with van der Waals surface area (Å²) in [5.74, 6) is -0.456. The number of ketones is 2. The maximum atomic E-state index is 12.7. The third-order valence-electron chi connectivity index (χ3n) is 4.33. The first kappa shape index (κ1) is 17.3. The summed E-state index contributed by atoms with van der Waals surface area (Å²) in [6.45, 7) is 0. The summed E-state index contributed by atoms with van der Waals surface area (Å²) < 4.78 is 5.70. The Bertz CT molecular complexity index is 1250. The Morgan fingerprint density at radius 1 is 0.893 bits per heavy atom. The zero-order valence-corrected chi connectivity index (χ0v) is 16.2. The van der Waals surface area contributed by atoms with Crippen LogP contribution in [0.4, 0.5) is 0 Å². The fourth-order valence-corrected chi connectivity index (χ4v) is 4.34. The monoisotopic (exact) mass is 426 g/mol. The Morgan fingerprint density at radius 2 is 1.54 bits per heavy atom. The number of fused-ring (bicyclic) bond motifs is 2. The number of allylic oxidation sites excluding steroid dienone is 1. The highest BCUT2D eigenvalue weighted by atomic mass is 35.5. The molecule has 0 atom stereocenters. The molecule has 5 nitrogen and oxygen atoms in total. The second kappa shape index (κ2) is 6.38. The van der Waals surface area contributed by atoms with Gasteiger partial charge in [-0.1, -0.05) is 52.7 Å². The molecule has 0 bridgehead atoms. The number of hydrogen-bond donors (Lipinski definition) is 0. The maximum absolute atomic E-state index is 12.7. The summed E-state index contributed by atoms with van der Waals surface area (Å²) in [6, 6.07) is 12.5. The molecule has 0 aliphatic heterocycles. The van der Waals surface area contributed by atoms with Crippen molar-refractivity contribution in [2.45, 2.75) is 0 Å². The van der Waals surface area contributed by atoms with E-state index in [1.54, 1.807) is 0 Å². The van der Waals surface area contributed by atoms with Crippen LogP contribution in [0, 0.1) is 0 Å². The van der Waals surface area contributed by atoms with Crippen molar-refractivity contribution in [1.29, 1.82) is 0 Å². The van der Waals surface area contributed by atoms with Gasteiger partial charge in [-0.2, -0.15) is 9.97 Å². The van der Waals surface area contributed by atoms with Gasteiger partial charge in [-0.25, -0.2) is 0 Å². The number of benzene rings is 2. The summed E-state index contributed by atoms with van der Waals surface area (Å²) in [5, 5.41) is 0.837. The fraction of sp³-hybridized carbons (Fsp3) is 0. The van der Waals surface area contributed by atoms with E-state index >= 15 is 0 Å². The van der Waals surface area contributed by atoms with Crippen molar-refractivity contribution in [3.8, 4) is 11.5 Å². The minimum atomic E-state index is -0.461. The number of oxazole rings is 1. The molecule has 136 valence electrons. The molecule has 0 N–H and O–H groups in total. The Balaban J connectivity index is 1.55. The van der Waals surface area contributed by atoms with Crippen LogP contribution < -0.4 is 0 Å². The molecule has 0 saturated heterocycles. The van der Waals surface area contributed by atoms with Gasteiger partial charge in [0.2, 0.25) is 5.89 Å². The molecule has 0 spiro atoms. The van der Waals surface area contributed by atoms with Crippen molar-refractivity contribution in [2.24, 2.45) is 0 Å². The van der Waals surface area contributed by atoms with E-state index in [2.05, 4.69) is 9.97 Å². The van der Waals surface area contributed by atoms with E-state index in [1.807, 2.05) is 30.3 Å². The topological polar surface area (TPSA) is 73.1 Å². The van der Waals surface area contributed by atoms with Crippen molar-refractivity contribution in [2.75, 3.05) is 0 Å². The molecule has 1 aliphatic rings. The molecule has 4 aromatic rings. The normalized spacial score (nSPS) is 13.4. The van der Waals surface area contributed by atoms with E-state index in [-0.39, 0.29) is 26.7 Å². The molecular weight excluding hydrogens is 419 g/mol. The van der Waals surface area contributed by atoms with Crippen LogP contribution in [0.5, 0.6) is 0 Å². The lowest BCUT2D eigenvalue weighted by molar-refractivity contribution is 0.0990. The molecule has 2 heterocycles. The van der Waals surface area contributed by atoms with Crippen LogP contribution in [0.3, 0.4) is 0 Å². The quantitative estimate of drug-likeness (QED) is 0.302. The third kappa shape index (κ3) is 2.61. The standard InChI is InChI=1S/C20H8Cl2N2O3S/c21-11-6-7-12(22)15-14(11)16(25)10(17(15)26)8-13-23-19-20(28-13)24-18(27-19)9-4-2-1-3-5-9/h1-8H. The predicted molar refractivity (Wildman–Crippen MR) is 108 cm³/mol. The van der Waals surface area contributed by atoms with Crippen LogP contribution in [-0.2, 0) is 0 Å². The average Bonchev–Trinajstić information content (AvgIpc) is 3.32. The number of halogens is 2. The van der Waals surface area contributed by atoms with Crippen LogP contribution in [0.25, 0.3) is 28.1 Å². The number of thiazole rings is 1. The molecule has 28 heavy (non-hydrogen) atoms. The summed E-state index contributed by atoms with van der Waals surface area (Å²) in [6.07, 6.45) is 1.43. The Labute approximate surface area is 172 Å². The Kier molecular flexibility index (Phi) is 3.94. The number of hydrogen-bond acceptors (Lipinski definition) is 6. The molecular formula is C20H8Cl2N2O3S. The van der Waals surface area contributed by atoms with Gasteiger partial charge in [-0.15, -0.1) is 0 Å². The first-order chi connectivity index (χ1) is 13.5. The highest BCUT2D eigenvalue weighted by molar-refractivity contribution is 7.18. The van der Waals surface area contributed by atoms with Gasteiger partial charge >= 0.3 is 0 Å². The van der Waals surface area contributed by atoms with E-state index in [4.69, 9.17) is 27.6 Å². The minimum absolute atomic E-state index is 0.0234. The van der Waals surface area contributed by atoms with Crippen LogP contribution in [-0.4, -0.2) is 21.5 Å². The van der Waals surface area contributed by atoms with Gasteiger partial charge in [0.15, 0.2) is 16.4 Å². The minimum Gasteiger partial charge on any atom is -0.417 e. The molecule has 1 aliphatic carbocycles. The summed E-state index contributed by atoms with van der Waals surface area (Å²) >= 11 is 13.4. The highest BCUT2D eigenvalue weighted by Crippen LogP contribution is 2.38. The van der Waals surface area contributed by atoms with Crippen LogP contribution in [0.15, 0.2) is 52.5 Å². The Hall–Kier alpha value is -2.80. The van der Waals surface area contributed by atoms with Crippen molar-refractivity contribution < 1.29 is 14.0 Å².